The number of aromatic nitrogens is 5. The Morgan fingerprint density at radius 1 is 1.26 bits per heavy atom. The Balaban J connectivity index is 1.53. The third-order valence-corrected chi connectivity index (χ3v) is 4.41. The minimum atomic E-state index is -0.339. The summed E-state index contributed by atoms with van der Waals surface area (Å²) in [6, 6.07) is 9.69. The number of fused-ring (bicyclic) bond motifs is 2. The molecule has 3 heterocycles. The number of carbonyl (C=O) groups excluding carboxylic acids is 1. The molecule has 0 aliphatic rings. The maximum Gasteiger partial charge on any atom is 0.291 e. The molecule has 0 aliphatic carbocycles. The van der Waals surface area contributed by atoms with Crippen molar-refractivity contribution in [3.8, 4) is 0 Å². The van der Waals surface area contributed by atoms with Gasteiger partial charge in [-0.2, -0.15) is 4.98 Å². The molecule has 0 fully saturated rings. The third-order valence-electron chi connectivity index (χ3n) is 3.37. The van der Waals surface area contributed by atoms with Crippen LogP contribution < -0.4 is 5.32 Å². The summed E-state index contributed by atoms with van der Waals surface area (Å²) in [7, 11) is 0. The maximum absolute atomic E-state index is 12.2. The number of rotatable bonds is 3. The third kappa shape index (κ3) is 2.53. The average molecular weight is 324 g/mol. The standard InChI is InChI=1S/C15H12N6OS/c1-9-6-7-16-15-19-13(20-21(9)15)14(22)17-8-12-18-10-4-2-3-5-11(10)23-12/h2-7H,8H2,1H3,(H,17,22). The quantitative estimate of drug-likeness (QED) is 0.623. The molecule has 8 heteroatoms. The average Bonchev–Trinajstić information content (AvgIpc) is 3.17. The van der Waals surface area contributed by atoms with Crippen molar-refractivity contribution in [2.75, 3.05) is 0 Å². The molecule has 0 unspecified atom stereocenters. The zero-order chi connectivity index (χ0) is 15.8. The topological polar surface area (TPSA) is 85.1 Å². The lowest BCUT2D eigenvalue weighted by Gasteiger charge is -1.98. The molecule has 1 amide bonds. The highest BCUT2D eigenvalue weighted by atomic mass is 32.1. The summed E-state index contributed by atoms with van der Waals surface area (Å²) in [6.07, 6.45) is 1.64. The van der Waals surface area contributed by atoms with Crippen molar-refractivity contribution < 1.29 is 4.79 Å². The van der Waals surface area contributed by atoms with Crippen molar-refractivity contribution in [1.29, 1.82) is 0 Å². The number of hydrogen-bond donors (Lipinski definition) is 1. The van der Waals surface area contributed by atoms with E-state index < -0.39 is 0 Å². The highest BCUT2D eigenvalue weighted by molar-refractivity contribution is 7.18. The van der Waals surface area contributed by atoms with Crippen molar-refractivity contribution in [2.45, 2.75) is 13.5 Å². The van der Waals surface area contributed by atoms with Crippen LogP contribution in [0.15, 0.2) is 36.5 Å². The normalized spacial score (nSPS) is 11.2. The first-order valence-corrected chi connectivity index (χ1v) is 7.83. The molecule has 4 aromatic rings. The Labute approximate surface area is 135 Å². The fourth-order valence-corrected chi connectivity index (χ4v) is 3.14. The highest BCUT2D eigenvalue weighted by Crippen LogP contribution is 2.21. The van der Waals surface area contributed by atoms with Crippen LogP contribution in [0.5, 0.6) is 0 Å². The number of para-hydroxylation sites is 1. The first-order valence-electron chi connectivity index (χ1n) is 7.02. The first kappa shape index (κ1) is 13.8. The number of nitrogens with zero attached hydrogens (tertiary/aromatic N) is 5. The molecule has 3 aromatic heterocycles. The Hall–Kier alpha value is -2.87. The predicted molar refractivity (Wildman–Crippen MR) is 86.3 cm³/mol. The van der Waals surface area contributed by atoms with E-state index in [-0.39, 0.29) is 11.7 Å². The minimum Gasteiger partial charge on any atom is -0.343 e. The summed E-state index contributed by atoms with van der Waals surface area (Å²) >= 11 is 1.56. The molecule has 0 atom stereocenters. The molecule has 1 aromatic carbocycles. The van der Waals surface area contributed by atoms with Crippen molar-refractivity contribution in [2.24, 2.45) is 0 Å². The molecule has 0 radical (unpaired) electrons. The molecular weight excluding hydrogens is 312 g/mol. The zero-order valence-corrected chi connectivity index (χ0v) is 13.0. The van der Waals surface area contributed by atoms with Crippen LogP contribution in [0.4, 0.5) is 0 Å². The summed E-state index contributed by atoms with van der Waals surface area (Å²) in [5.74, 6) is 0.178. The second-order valence-electron chi connectivity index (χ2n) is 4.99. The second-order valence-corrected chi connectivity index (χ2v) is 6.11. The van der Waals surface area contributed by atoms with Gasteiger partial charge in [-0.25, -0.2) is 14.5 Å². The highest BCUT2D eigenvalue weighted by Gasteiger charge is 2.14. The van der Waals surface area contributed by atoms with Crippen LogP contribution in [0.2, 0.25) is 0 Å². The van der Waals surface area contributed by atoms with Crippen LogP contribution in [0.25, 0.3) is 16.0 Å². The van der Waals surface area contributed by atoms with E-state index in [1.165, 1.54) is 0 Å². The van der Waals surface area contributed by atoms with E-state index in [1.807, 2.05) is 37.3 Å². The molecule has 1 N–H and O–H groups in total. The van der Waals surface area contributed by atoms with E-state index in [9.17, 15) is 4.79 Å². The minimum absolute atomic E-state index is 0.105. The van der Waals surface area contributed by atoms with Gasteiger partial charge in [0, 0.05) is 11.9 Å². The number of aryl methyl sites for hydroxylation is 1. The smallest absolute Gasteiger partial charge is 0.291 e. The van der Waals surface area contributed by atoms with E-state index in [4.69, 9.17) is 0 Å². The van der Waals surface area contributed by atoms with Gasteiger partial charge in [0.05, 0.1) is 16.8 Å². The Morgan fingerprint density at radius 3 is 2.96 bits per heavy atom. The fourth-order valence-electron chi connectivity index (χ4n) is 2.23. The number of carbonyl (C=O) groups is 1. The predicted octanol–water partition coefficient (Wildman–Crippen LogP) is 1.97. The SMILES string of the molecule is Cc1ccnc2nc(C(=O)NCc3nc4ccccc4s3)nn12. The molecular formula is C15H12N6OS. The van der Waals surface area contributed by atoms with E-state index in [0.29, 0.717) is 12.3 Å². The molecule has 4 rings (SSSR count). The summed E-state index contributed by atoms with van der Waals surface area (Å²) in [4.78, 5) is 24.9. The fraction of sp³-hybridized carbons (Fsp3) is 0.133. The molecule has 114 valence electrons. The summed E-state index contributed by atoms with van der Waals surface area (Å²) in [6.45, 7) is 2.23. The van der Waals surface area contributed by atoms with Gasteiger partial charge in [0.2, 0.25) is 5.82 Å². The Bertz CT molecular complexity index is 988. The number of benzene rings is 1. The van der Waals surface area contributed by atoms with Gasteiger partial charge in [-0.3, -0.25) is 4.79 Å². The zero-order valence-electron chi connectivity index (χ0n) is 12.2. The summed E-state index contributed by atoms with van der Waals surface area (Å²) in [5.41, 5.74) is 1.81. The van der Waals surface area contributed by atoms with Crippen LogP contribution in [0.1, 0.15) is 21.3 Å². The lowest BCUT2D eigenvalue weighted by Crippen LogP contribution is -2.24. The van der Waals surface area contributed by atoms with Crippen molar-refractivity contribution >= 4 is 33.2 Å². The van der Waals surface area contributed by atoms with Crippen molar-refractivity contribution in [3.05, 3.63) is 53.1 Å². The number of thiazole rings is 1. The van der Waals surface area contributed by atoms with Crippen LogP contribution >= 0.6 is 11.3 Å². The summed E-state index contributed by atoms with van der Waals surface area (Å²) < 4.78 is 2.65. The molecule has 0 aliphatic heterocycles. The molecule has 0 spiro atoms. The van der Waals surface area contributed by atoms with Crippen molar-refractivity contribution in [3.63, 3.8) is 0 Å². The van der Waals surface area contributed by atoms with Crippen molar-refractivity contribution in [1.82, 2.24) is 29.9 Å². The summed E-state index contributed by atoms with van der Waals surface area (Å²) in [5, 5.41) is 7.83. The maximum atomic E-state index is 12.2. The molecule has 7 nitrogen and oxygen atoms in total. The number of hydrogen-bond acceptors (Lipinski definition) is 6. The first-order chi connectivity index (χ1) is 11.2. The molecule has 0 saturated carbocycles. The van der Waals surface area contributed by atoms with Crippen LogP contribution in [-0.4, -0.2) is 30.5 Å². The van der Waals surface area contributed by atoms with Crippen LogP contribution in [0.3, 0.4) is 0 Å². The van der Waals surface area contributed by atoms with E-state index >= 15 is 0 Å². The van der Waals surface area contributed by atoms with E-state index in [2.05, 4.69) is 25.4 Å². The molecule has 0 bridgehead atoms. The van der Waals surface area contributed by atoms with Gasteiger partial charge >= 0.3 is 0 Å². The van der Waals surface area contributed by atoms with Gasteiger partial charge < -0.3 is 5.32 Å². The van der Waals surface area contributed by atoms with Crippen LogP contribution in [0, 0.1) is 6.92 Å². The van der Waals surface area contributed by atoms with E-state index in [0.717, 1.165) is 20.9 Å². The molecule has 0 saturated heterocycles. The second kappa shape index (κ2) is 5.40. The molecule has 23 heavy (non-hydrogen) atoms. The Morgan fingerprint density at radius 2 is 2.13 bits per heavy atom. The van der Waals surface area contributed by atoms with E-state index in [1.54, 1.807) is 22.0 Å². The van der Waals surface area contributed by atoms with Gasteiger partial charge in [-0.05, 0) is 25.1 Å². The number of amides is 1. The number of nitrogens with one attached hydrogen (secondary N) is 1. The monoisotopic (exact) mass is 324 g/mol. The lowest BCUT2D eigenvalue weighted by atomic mass is 10.3. The van der Waals surface area contributed by atoms with Gasteiger partial charge in [0.1, 0.15) is 5.01 Å². The van der Waals surface area contributed by atoms with Gasteiger partial charge in [-0.15, -0.1) is 16.4 Å². The van der Waals surface area contributed by atoms with Gasteiger partial charge in [-0.1, -0.05) is 12.1 Å². The lowest BCUT2D eigenvalue weighted by molar-refractivity contribution is 0.0940. The van der Waals surface area contributed by atoms with Crippen LogP contribution in [-0.2, 0) is 6.54 Å². The Kier molecular flexibility index (Phi) is 3.23. The largest absolute Gasteiger partial charge is 0.343 e. The van der Waals surface area contributed by atoms with Gasteiger partial charge in [0.15, 0.2) is 0 Å². The van der Waals surface area contributed by atoms with Gasteiger partial charge in [0.25, 0.3) is 11.7 Å².